The Balaban J connectivity index is 2.25. The summed E-state index contributed by atoms with van der Waals surface area (Å²) in [6, 6.07) is 0. The zero-order valence-corrected chi connectivity index (χ0v) is 10.9. The number of rotatable bonds is 2. The minimum atomic E-state index is -0.954. The predicted octanol–water partition coefficient (Wildman–Crippen LogP) is 1.51. The van der Waals surface area contributed by atoms with Gasteiger partial charge in [-0.1, -0.05) is 13.8 Å². The lowest BCUT2D eigenvalue weighted by Crippen LogP contribution is -2.65. The van der Waals surface area contributed by atoms with Gasteiger partial charge in [0, 0.05) is 6.61 Å². The summed E-state index contributed by atoms with van der Waals surface area (Å²) < 4.78 is 10.3. The van der Waals surface area contributed by atoms with Gasteiger partial charge in [-0.3, -0.25) is 4.79 Å². The Hall–Kier alpha value is -0.610. The van der Waals surface area contributed by atoms with Crippen LogP contribution >= 0.6 is 0 Å². The van der Waals surface area contributed by atoms with Gasteiger partial charge in [-0.25, -0.2) is 0 Å². The van der Waals surface area contributed by atoms with E-state index in [2.05, 4.69) is 13.8 Å². The highest BCUT2D eigenvalue weighted by atomic mass is 16.5. The summed E-state index contributed by atoms with van der Waals surface area (Å²) in [6.07, 6.45) is 2.74. The number of ether oxygens (including phenoxy) is 2. The molecule has 1 saturated carbocycles. The van der Waals surface area contributed by atoms with Crippen molar-refractivity contribution in [3.8, 4) is 0 Å². The van der Waals surface area contributed by atoms with Crippen molar-refractivity contribution in [1.82, 2.24) is 0 Å². The van der Waals surface area contributed by atoms with Crippen LogP contribution in [0.1, 0.15) is 39.5 Å². The lowest BCUT2D eigenvalue weighted by molar-refractivity contribution is -0.234. The molecule has 1 aliphatic heterocycles. The Morgan fingerprint density at radius 2 is 2.00 bits per heavy atom. The third-order valence-corrected chi connectivity index (χ3v) is 4.25. The highest BCUT2D eigenvalue weighted by molar-refractivity contribution is 5.79. The van der Waals surface area contributed by atoms with Crippen LogP contribution in [-0.2, 0) is 14.3 Å². The summed E-state index contributed by atoms with van der Waals surface area (Å²) >= 11 is 0. The molecule has 1 saturated heterocycles. The molecule has 4 nitrogen and oxygen atoms in total. The van der Waals surface area contributed by atoms with Crippen LogP contribution in [0.4, 0.5) is 0 Å². The van der Waals surface area contributed by atoms with E-state index < -0.39 is 11.0 Å². The van der Waals surface area contributed by atoms with Gasteiger partial charge >= 0.3 is 5.97 Å². The minimum absolute atomic E-state index is 0.104. The first-order chi connectivity index (χ1) is 7.85. The Morgan fingerprint density at radius 1 is 1.35 bits per heavy atom. The van der Waals surface area contributed by atoms with E-state index >= 15 is 0 Å². The van der Waals surface area contributed by atoms with Crippen LogP contribution in [0.25, 0.3) is 0 Å². The second kappa shape index (κ2) is 3.95. The molecule has 2 fully saturated rings. The van der Waals surface area contributed by atoms with Crippen molar-refractivity contribution in [2.45, 2.75) is 45.1 Å². The van der Waals surface area contributed by atoms with Gasteiger partial charge in [0.25, 0.3) is 0 Å². The number of carbonyl (C=O) groups excluding carboxylic acids is 1. The van der Waals surface area contributed by atoms with E-state index in [1.807, 2.05) is 0 Å². The molecule has 1 heterocycles. The van der Waals surface area contributed by atoms with E-state index in [1.165, 1.54) is 7.11 Å². The van der Waals surface area contributed by atoms with Crippen LogP contribution in [0.5, 0.6) is 0 Å². The Morgan fingerprint density at radius 3 is 2.41 bits per heavy atom. The third-order valence-electron chi connectivity index (χ3n) is 4.25. The quantitative estimate of drug-likeness (QED) is 0.746. The summed E-state index contributed by atoms with van der Waals surface area (Å²) in [5.74, 6) is -0.324. The molecular formula is C13H22O4. The monoisotopic (exact) mass is 242 g/mol. The fourth-order valence-corrected chi connectivity index (χ4v) is 3.58. The van der Waals surface area contributed by atoms with Gasteiger partial charge in [-0.05, 0) is 31.1 Å². The van der Waals surface area contributed by atoms with Crippen molar-refractivity contribution in [1.29, 1.82) is 0 Å². The molecule has 0 aromatic rings. The number of carbonyl (C=O) groups is 1. The van der Waals surface area contributed by atoms with E-state index in [0.29, 0.717) is 25.9 Å². The molecule has 1 N–H and O–H groups in total. The van der Waals surface area contributed by atoms with E-state index in [1.54, 1.807) is 0 Å². The molecule has 2 aliphatic rings. The summed E-state index contributed by atoms with van der Waals surface area (Å²) in [5.41, 5.74) is -1.70. The number of aliphatic hydroxyl groups is 1. The van der Waals surface area contributed by atoms with Crippen LogP contribution in [0.15, 0.2) is 0 Å². The minimum Gasteiger partial charge on any atom is -0.468 e. The van der Waals surface area contributed by atoms with Gasteiger partial charge in [0.15, 0.2) is 0 Å². The molecule has 2 rings (SSSR count). The van der Waals surface area contributed by atoms with E-state index in [-0.39, 0.29) is 18.0 Å². The van der Waals surface area contributed by atoms with Crippen LogP contribution in [-0.4, -0.2) is 37.0 Å². The fraction of sp³-hybridized carbons (Fsp3) is 0.923. The fourth-order valence-electron chi connectivity index (χ4n) is 3.58. The average Bonchev–Trinajstić information content (AvgIpc) is 2.26. The molecule has 0 spiro atoms. The van der Waals surface area contributed by atoms with Crippen molar-refractivity contribution in [2.24, 2.45) is 10.8 Å². The van der Waals surface area contributed by atoms with E-state index in [4.69, 9.17) is 9.47 Å². The lowest BCUT2D eigenvalue weighted by atomic mass is 9.50. The number of hydrogen-bond acceptors (Lipinski definition) is 4. The largest absolute Gasteiger partial charge is 0.468 e. The smallest absolute Gasteiger partial charge is 0.317 e. The van der Waals surface area contributed by atoms with Gasteiger partial charge in [-0.2, -0.15) is 0 Å². The number of methoxy groups -OCH3 is 1. The molecule has 98 valence electrons. The molecule has 1 unspecified atom stereocenters. The zero-order valence-electron chi connectivity index (χ0n) is 10.9. The maximum atomic E-state index is 12.1. The molecular weight excluding hydrogens is 220 g/mol. The topological polar surface area (TPSA) is 55.8 Å². The molecule has 0 aromatic carbocycles. The Kier molecular flexibility index (Phi) is 2.99. The van der Waals surface area contributed by atoms with Crippen molar-refractivity contribution >= 4 is 5.97 Å². The molecule has 17 heavy (non-hydrogen) atoms. The molecule has 0 bridgehead atoms. The van der Waals surface area contributed by atoms with E-state index in [9.17, 15) is 9.90 Å². The Labute approximate surface area is 102 Å². The van der Waals surface area contributed by atoms with Crippen molar-refractivity contribution < 1.29 is 19.4 Å². The standard InChI is InChI=1S/C13H22O4/c1-11(2)7-13(15,8-11)12(10(14)16-3)5-4-6-17-9-12/h15H,4-9H2,1-3H3. The van der Waals surface area contributed by atoms with Gasteiger partial charge in [0.1, 0.15) is 5.41 Å². The van der Waals surface area contributed by atoms with Gasteiger partial charge < -0.3 is 14.6 Å². The second-order valence-electron chi connectivity index (χ2n) is 6.28. The molecule has 0 aromatic heterocycles. The van der Waals surface area contributed by atoms with Gasteiger partial charge in [-0.15, -0.1) is 0 Å². The summed E-state index contributed by atoms with van der Waals surface area (Å²) in [4.78, 5) is 12.1. The van der Waals surface area contributed by atoms with Crippen LogP contribution in [0, 0.1) is 10.8 Å². The van der Waals surface area contributed by atoms with E-state index in [0.717, 1.165) is 6.42 Å². The van der Waals surface area contributed by atoms with Crippen LogP contribution in [0.3, 0.4) is 0 Å². The first-order valence-electron chi connectivity index (χ1n) is 6.24. The maximum absolute atomic E-state index is 12.1. The normalized spacial score (nSPS) is 34.8. The zero-order chi connectivity index (χ0) is 12.7. The molecule has 1 aliphatic carbocycles. The maximum Gasteiger partial charge on any atom is 0.317 e. The van der Waals surface area contributed by atoms with Gasteiger partial charge in [0.05, 0.1) is 19.3 Å². The SMILES string of the molecule is COC(=O)C1(C2(O)CC(C)(C)C2)CCCOC1. The third kappa shape index (κ3) is 1.87. The second-order valence-corrected chi connectivity index (χ2v) is 6.28. The highest BCUT2D eigenvalue weighted by Crippen LogP contribution is 2.58. The van der Waals surface area contributed by atoms with Crippen molar-refractivity contribution in [3.05, 3.63) is 0 Å². The molecule has 0 amide bonds. The number of hydrogen-bond donors (Lipinski definition) is 1. The van der Waals surface area contributed by atoms with Crippen LogP contribution < -0.4 is 0 Å². The molecule has 0 radical (unpaired) electrons. The molecule has 4 heteroatoms. The first kappa shape index (κ1) is 12.8. The first-order valence-corrected chi connectivity index (χ1v) is 6.24. The predicted molar refractivity (Wildman–Crippen MR) is 62.5 cm³/mol. The lowest BCUT2D eigenvalue weighted by Gasteiger charge is -2.58. The van der Waals surface area contributed by atoms with Crippen molar-refractivity contribution in [3.63, 3.8) is 0 Å². The number of esters is 1. The Bertz CT molecular complexity index is 307. The van der Waals surface area contributed by atoms with Crippen molar-refractivity contribution in [2.75, 3.05) is 20.3 Å². The average molecular weight is 242 g/mol. The van der Waals surface area contributed by atoms with Crippen LogP contribution in [0.2, 0.25) is 0 Å². The summed E-state index contributed by atoms with van der Waals surface area (Å²) in [5, 5.41) is 10.7. The molecule has 1 atom stereocenters. The van der Waals surface area contributed by atoms with Gasteiger partial charge in [0.2, 0.25) is 0 Å². The summed E-state index contributed by atoms with van der Waals surface area (Å²) in [7, 11) is 1.38. The highest BCUT2D eigenvalue weighted by Gasteiger charge is 2.65. The summed E-state index contributed by atoms with van der Waals surface area (Å²) in [6.45, 7) is 5.16.